The molecule has 0 radical (unpaired) electrons. The fourth-order valence-electron chi connectivity index (χ4n) is 6.41. The molecule has 1 aromatic heterocycles. The molecule has 2 N–H and O–H groups in total. The molecule has 2 saturated carbocycles. The highest BCUT2D eigenvalue weighted by Gasteiger charge is 2.69. The molecule has 7 nitrogen and oxygen atoms in total. The summed E-state index contributed by atoms with van der Waals surface area (Å²) in [4.78, 5) is 54.3. The number of H-pyrrole nitrogens is 1. The van der Waals surface area contributed by atoms with Crippen molar-refractivity contribution < 1.29 is 19.5 Å². The second-order valence-electron chi connectivity index (χ2n) is 8.67. The van der Waals surface area contributed by atoms with Crippen LogP contribution in [0.3, 0.4) is 0 Å². The van der Waals surface area contributed by atoms with Gasteiger partial charge in [-0.1, -0.05) is 35.1 Å². The lowest BCUT2D eigenvalue weighted by atomic mass is 9.68. The predicted octanol–water partition coefficient (Wildman–Crippen LogP) is 2.65. The van der Waals surface area contributed by atoms with Crippen molar-refractivity contribution in [2.75, 3.05) is 6.54 Å². The first-order chi connectivity index (χ1) is 14.8. The average Bonchev–Trinajstić information content (AvgIpc) is 3.44. The minimum Gasteiger partial charge on any atom is -0.480 e. The molecular formula is C21H17ClN2O5S2. The standard InChI is InChI=1S/C21H17ClN2O5S2/c22-8-3-1-7(2-4-8)12-13-9-5-10(16(13)30-18-17(12)31-21(29)23-18)15-14(9)19(27)24(20(15)28)6-11(25)26/h1-4,9-10,12-16H,5-6H2,(H,23,29)(H,25,26)/t9-,10-,12-,13-,14+,15-,16-/m1/s1. The summed E-state index contributed by atoms with van der Waals surface area (Å²) in [7, 11) is 0. The number of nitrogens with one attached hydrogen (secondary N) is 1. The van der Waals surface area contributed by atoms with E-state index in [1.807, 2.05) is 24.3 Å². The molecular weight excluding hydrogens is 460 g/mol. The summed E-state index contributed by atoms with van der Waals surface area (Å²) in [5.74, 6) is -2.80. The third-order valence-corrected chi connectivity index (χ3v) is 10.2. The molecule has 2 aliphatic carbocycles. The lowest BCUT2D eigenvalue weighted by molar-refractivity contribution is -0.149. The monoisotopic (exact) mass is 476 g/mol. The van der Waals surface area contributed by atoms with Crippen LogP contribution >= 0.6 is 34.7 Å². The van der Waals surface area contributed by atoms with E-state index in [-0.39, 0.29) is 45.6 Å². The first-order valence-corrected chi connectivity index (χ1v) is 12.1. The smallest absolute Gasteiger partial charge is 0.323 e. The molecule has 2 aromatic rings. The van der Waals surface area contributed by atoms with Crippen molar-refractivity contribution in [1.29, 1.82) is 0 Å². The van der Waals surface area contributed by atoms with Gasteiger partial charge in [0.15, 0.2) is 0 Å². The van der Waals surface area contributed by atoms with Gasteiger partial charge in [0.25, 0.3) is 0 Å². The first kappa shape index (κ1) is 19.6. The number of carbonyl (C=O) groups is 3. The highest BCUT2D eigenvalue weighted by molar-refractivity contribution is 8.00. The number of imide groups is 1. The zero-order valence-electron chi connectivity index (χ0n) is 16.0. The Balaban J connectivity index is 1.45. The second-order valence-corrected chi connectivity index (χ2v) is 11.3. The van der Waals surface area contributed by atoms with E-state index in [4.69, 9.17) is 16.7 Å². The number of halogens is 1. The number of benzene rings is 1. The molecule has 160 valence electrons. The number of nitrogens with zero attached hydrogens (tertiary/aromatic N) is 1. The van der Waals surface area contributed by atoms with Crippen molar-refractivity contribution in [2.45, 2.75) is 22.6 Å². The summed E-state index contributed by atoms with van der Waals surface area (Å²) in [5.41, 5.74) is 1.04. The molecule has 3 fully saturated rings. The Hall–Kier alpha value is -2.10. The molecule has 2 bridgehead atoms. The minimum atomic E-state index is -1.18. The Kier molecular flexibility index (Phi) is 4.23. The number of aromatic amines is 1. The normalized spacial score (nSPS) is 35.3. The Morgan fingerprint density at radius 2 is 1.81 bits per heavy atom. The van der Waals surface area contributed by atoms with E-state index < -0.39 is 24.3 Å². The minimum absolute atomic E-state index is 0.00778. The number of carbonyl (C=O) groups excluding carboxylic acids is 2. The maximum absolute atomic E-state index is 13.1. The van der Waals surface area contributed by atoms with Gasteiger partial charge in [-0.3, -0.25) is 24.1 Å². The number of likely N-dealkylation sites (tertiary alicyclic amines) is 1. The summed E-state index contributed by atoms with van der Waals surface area (Å²) in [6.07, 6.45) is 0.777. The maximum Gasteiger partial charge on any atom is 0.323 e. The van der Waals surface area contributed by atoms with Crippen LogP contribution in [0, 0.1) is 29.6 Å². The molecule has 10 heteroatoms. The SMILES string of the molecule is O=C(O)CN1C(=O)[C@@H]2[C@H]3C[C@@H]([C@@H]2C1=O)[C@@H]1[C@@H](c2ccc(Cl)cc2)c2sc(=O)[nH]c2S[C@H]31. The lowest BCUT2D eigenvalue weighted by Gasteiger charge is -2.43. The lowest BCUT2D eigenvalue weighted by Crippen LogP contribution is -2.42. The highest BCUT2D eigenvalue weighted by atomic mass is 35.5. The Bertz CT molecular complexity index is 1190. The van der Waals surface area contributed by atoms with Crippen LogP contribution < -0.4 is 4.87 Å². The molecule has 1 saturated heterocycles. The summed E-state index contributed by atoms with van der Waals surface area (Å²) in [6.45, 7) is -0.576. The third-order valence-electron chi connectivity index (χ3n) is 7.34. The number of aliphatic carboxylic acids is 1. The molecule has 2 amide bonds. The second kappa shape index (κ2) is 6.70. The van der Waals surface area contributed by atoms with Crippen LogP contribution in [0.15, 0.2) is 34.1 Å². The summed E-state index contributed by atoms with van der Waals surface area (Å²) < 4.78 is 0. The van der Waals surface area contributed by atoms with Gasteiger partial charge < -0.3 is 10.1 Å². The van der Waals surface area contributed by atoms with Gasteiger partial charge in [-0.2, -0.15) is 0 Å². The average molecular weight is 477 g/mol. The molecule has 1 aromatic carbocycles. The zero-order chi connectivity index (χ0) is 21.6. The van der Waals surface area contributed by atoms with Crippen LogP contribution in [0.5, 0.6) is 0 Å². The number of hydrogen-bond donors (Lipinski definition) is 2. The largest absolute Gasteiger partial charge is 0.480 e. The molecule has 4 aliphatic rings. The summed E-state index contributed by atoms with van der Waals surface area (Å²) in [6, 6.07) is 7.60. The molecule has 3 heterocycles. The van der Waals surface area contributed by atoms with Gasteiger partial charge >= 0.3 is 10.8 Å². The topological polar surface area (TPSA) is 108 Å². The van der Waals surface area contributed by atoms with Crippen molar-refractivity contribution in [3.63, 3.8) is 0 Å². The van der Waals surface area contributed by atoms with Gasteiger partial charge in [-0.15, -0.1) is 11.8 Å². The number of thioether (sulfide) groups is 1. The number of amides is 2. The zero-order valence-corrected chi connectivity index (χ0v) is 18.4. The quantitative estimate of drug-likeness (QED) is 0.659. The highest BCUT2D eigenvalue weighted by Crippen LogP contribution is 2.68. The van der Waals surface area contributed by atoms with Crippen LogP contribution in [0.25, 0.3) is 0 Å². The maximum atomic E-state index is 13.1. The number of fused-ring (bicyclic) bond motifs is 9. The van der Waals surface area contributed by atoms with Crippen LogP contribution in [0.4, 0.5) is 0 Å². The van der Waals surface area contributed by atoms with E-state index in [9.17, 15) is 19.2 Å². The van der Waals surface area contributed by atoms with Crippen LogP contribution in [-0.4, -0.2) is 44.6 Å². The molecule has 0 unspecified atom stereocenters. The molecule has 31 heavy (non-hydrogen) atoms. The fourth-order valence-corrected chi connectivity index (χ4v) is 9.43. The van der Waals surface area contributed by atoms with Crippen molar-refractivity contribution in [3.05, 3.63) is 49.4 Å². The van der Waals surface area contributed by atoms with E-state index in [1.165, 1.54) is 11.3 Å². The Morgan fingerprint density at radius 3 is 2.48 bits per heavy atom. The number of hydrogen-bond acceptors (Lipinski definition) is 6. The summed E-state index contributed by atoms with van der Waals surface area (Å²) in [5, 5.41) is 10.7. The van der Waals surface area contributed by atoms with E-state index in [2.05, 4.69) is 4.98 Å². The van der Waals surface area contributed by atoms with E-state index in [0.717, 1.165) is 26.8 Å². The van der Waals surface area contributed by atoms with E-state index in [0.29, 0.717) is 5.02 Å². The van der Waals surface area contributed by atoms with Crippen LogP contribution in [0.2, 0.25) is 5.02 Å². The number of carboxylic acids is 1. The molecule has 6 rings (SSSR count). The van der Waals surface area contributed by atoms with Crippen LogP contribution in [-0.2, 0) is 14.4 Å². The number of carboxylic acid groups (broad SMARTS) is 1. The van der Waals surface area contributed by atoms with Crippen LogP contribution in [0.1, 0.15) is 22.8 Å². The Morgan fingerprint density at radius 1 is 1.13 bits per heavy atom. The van der Waals surface area contributed by atoms with Gasteiger partial charge in [-0.05, 0) is 41.9 Å². The predicted molar refractivity (Wildman–Crippen MR) is 114 cm³/mol. The molecule has 2 aliphatic heterocycles. The first-order valence-electron chi connectivity index (χ1n) is 10.1. The fraction of sp³-hybridized carbons (Fsp3) is 0.429. The van der Waals surface area contributed by atoms with Gasteiger partial charge in [0, 0.05) is 21.1 Å². The van der Waals surface area contributed by atoms with Crippen molar-refractivity contribution in [2.24, 2.45) is 29.6 Å². The van der Waals surface area contributed by atoms with E-state index in [1.54, 1.807) is 11.8 Å². The van der Waals surface area contributed by atoms with E-state index >= 15 is 0 Å². The van der Waals surface area contributed by atoms with Gasteiger partial charge in [0.05, 0.1) is 16.9 Å². The van der Waals surface area contributed by atoms with Crippen molar-refractivity contribution >= 4 is 52.5 Å². The van der Waals surface area contributed by atoms with Crippen molar-refractivity contribution in [3.8, 4) is 0 Å². The van der Waals surface area contributed by atoms with Crippen molar-refractivity contribution in [1.82, 2.24) is 9.88 Å². The molecule has 0 spiro atoms. The summed E-state index contributed by atoms with van der Waals surface area (Å²) >= 11 is 8.92. The third kappa shape index (κ3) is 2.66. The number of aromatic nitrogens is 1. The number of thiazole rings is 1. The number of rotatable bonds is 3. The van der Waals surface area contributed by atoms with Gasteiger partial charge in [-0.25, -0.2) is 0 Å². The molecule has 7 atom stereocenters. The van der Waals surface area contributed by atoms with Gasteiger partial charge in [0.1, 0.15) is 6.54 Å². The van der Waals surface area contributed by atoms with Gasteiger partial charge in [0.2, 0.25) is 11.8 Å². The Labute approximate surface area is 189 Å².